The molecule has 0 saturated carbocycles. The van der Waals surface area contributed by atoms with Crippen LogP contribution in [0.25, 0.3) is 11.2 Å². The van der Waals surface area contributed by atoms with Crippen LogP contribution >= 0.6 is 15.6 Å². The standard InChI is InChI=1S/C15H23N5O15P2/c16-15-18-11-6(12(24)19-15)17-3-20(11)13-10(8(22)5(33-13)2-32-37(28,29)30)35-14-9(23)7(21)4(34-14)1-31-36(25,26)27/h3-5,7-10,13-14,21-23H,1-2H2,(H2,25,26,27)(H2,28,29,30)(H3,16,18,19,24)/t4-,5-,7-,8-,9-,10-,13-,14+/m1/s1. The smallest absolute Gasteiger partial charge is 0.387 e. The fourth-order valence-corrected chi connectivity index (χ4v) is 4.50. The molecule has 10 N–H and O–H groups in total. The second-order valence-corrected chi connectivity index (χ2v) is 10.5. The average molecular weight is 575 g/mol. The van der Waals surface area contributed by atoms with Crippen molar-refractivity contribution in [3.63, 3.8) is 0 Å². The Labute approximate surface area is 205 Å². The summed E-state index contributed by atoms with van der Waals surface area (Å²) in [5, 5.41) is 31.4. The van der Waals surface area contributed by atoms with Gasteiger partial charge in [0.15, 0.2) is 23.7 Å². The molecule has 2 aromatic rings. The molecule has 0 aromatic carbocycles. The lowest BCUT2D eigenvalue weighted by atomic mass is 10.1. The number of ether oxygens (including phenoxy) is 3. The van der Waals surface area contributed by atoms with Crippen molar-refractivity contribution in [2.45, 2.75) is 49.1 Å². The number of nitrogens with one attached hydrogen (secondary N) is 1. The minimum absolute atomic E-state index is 0.121. The Hall–Kier alpha value is -1.87. The lowest BCUT2D eigenvalue weighted by Gasteiger charge is -2.26. The number of hydrogen-bond acceptors (Lipinski definition) is 14. The van der Waals surface area contributed by atoms with Crippen molar-refractivity contribution >= 4 is 32.8 Å². The zero-order valence-electron chi connectivity index (χ0n) is 18.3. The number of aromatic nitrogens is 4. The highest BCUT2D eigenvalue weighted by atomic mass is 31.2. The van der Waals surface area contributed by atoms with Crippen LogP contribution in [0.1, 0.15) is 6.23 Å². The number of aliphatic hydroxyl groups excluding tert-OH is 3. The number of rotatable bonds is 9. The summed E-state index contributed by atoms with van der Waals surface area (Å²) in [5.74, 6) is -0.290. The van der Waals surface area contributed by atoms with Gasteiger partial charge in [0.2, 0.25) is 5.95 Å². The van der Waals surface area contributed by atoms with Crippen molar-refractivity contribution in [2.75, 3.05) is 18.9 Å². The molecule has 8 atom stereocenters. The molecule has 208 valence electrons. The summed E-state index contributed by atoms with van der Waals surface area (Å²) < 4.78 is 48.5. The van der Waals surface area contributed by atoms with E-state index < -0.39 is 83.6 Å². The van der Waals surface area contributed by atoms with Crippen LogP contribution in [0.3, 0.4) is 0 Å². The van der Waals surface area contributed by atoms with Gasteiger partial charge in [0, 0.05) is 0 Å². The highest BCUT2D eigenvalue weighted by Gasteiger charge is 2.52. The summed E-state index contributed by atoms with van der Waals surface area (Å²) in [6, 6.07) is 0. The minimum Gasteiger partial charge on any atom is -0.387 e. The van der Waals surface area contributed by atoms with Crippen LogP contribution in [0.2, 0.25) is 0 Å². The van der Waals surface area contributed by atoms with Crippen molar-refractivity contribution in [3.05, 3.63) is 16.7 Å². The summed E-state index contributed by atoms with van der Waals surface area (Å²) in [6.07, 6.45) is -11.7. The van der Waals surface area contributed by atoms with Gasteiger partial charge in [-0.2, -0.15) is 4.98 Å². The first-order valence-corrected chi connectivity index (χ1v) is 13.3. The van der Waals surface area contributed by atoms with E-state index >= 15 is 0 Å². The maximum atomic E-state index is 12.1. The van der Waals surface area contributed by atoms with Gasteiger partial charge in [-0.1, -0.05) is 0 Å². The van der Waals surface area contributed by atoms with Crippen molar-refractivity contribution < 1.29 is 67.3 Å². The third kappa shape index (κ3) is 6.24. The number of aliphatic hydroxyl groups is 3. The second kappa shape index (κ2) is 10.4. The van der Waals surface area contributed by atoms with E-state index in [2.05, 4.69) is 24.0 Å². The number of fused-ring (bicyclic) bond motifs is 1. The molecular weight excluding hydrogens is 552 g/mol. The van der Waals surface area contributed by atoms with Crippen molar-refractivity contribution in [1.29, 1.82) is 0 Å². The number of imidazole rings is 1. The van der Waals surface area contributed by atoms with Gasteiger partial charge in [-0.3, -0.25) is 23.4 Å². The Morgan fingerprint density at radius 1 is 1.00 bits per heavy atom. The molecule has 4 heterocycles. The van der Waals surface area contributed by atoms with Gasteiger partial charge in [0.05, 0.1) is 19.5 Å². The van der Waals surface area contributed by atoms with E-state index in [0.29, 0.717) is 0 Å². The molecule has 2 aliphatic heterocycles. The molecule has 0 unspecified atom stereocenters. The fraction of sp³-hybridized carbons (Fsp3) is 0.667. The zero-order chi connectivity index (χ0) is 27.3. The number of nitrogens with two attached hydrogens (primary N) is 1. The van der Waals surface area contributed by atoms with Gasteiger partial charge in [-0.15, -0.1) is 0 Å². The first-order chi connectivity index (χ1) is 17.1. The number of anilines is 1. The maximum absolute atomic E-state index is 12.1. The summed E-state index contributed by atoms with van der Waals surface area (Å²) in [6.45, 7) is -1.65. The fourth-order valence-electron chi connectivity index (χ4n) is 3.82. The minimum atomic E-state index is -4.97. The third-order valence-electron chi connectivity index (χ3n) is 5.46. The highest BCUT2D eigenvalue weighted by molar-refractivity contribution is 7.46. The summed E-state index contributed by atoms with van der Waals surface area (Å²) >= 11 is 0. The second-order valence-electron chi connectivity index (χ2n) is 8.03. The SMILES string of the molecule is Nc1nc2c(ncn2[C@@H]2O[C@H](COP(=O)(O)O)[C@@H](O)[C@H]2O[C@@H]2O[C@H](COP(=O)(O)O)[C@@H](O)[C@H]2O)c(=O)[nH]1. The zero-order valence-corrected chi connectivity index (χ0v) is 20.1. The Bertz CT molecular complexity index is 1280. The first-order valence-electron chi connectivity index (χ1n) is 10.3. The molecule has 0 aliphatic carbocycles. The largest absolute Gasteiger partial charge is 0.469 e. The van der Waals surface area contributed by atoms with Crippen LogP contribution in [0.5, 0.6) is 0 Å². The van der Waals surface area contributed by atoms with Crippen LogP contribution in [-0.2, 0) is 32.4 Å². The number of nitrogens with zero attached hydrogens (tertiary/aromatic N) is 3. The van der Waals surface area contributed by atoms with Gasteiger partial charge >= 0.3 is 15.6 Å². The number of aromatic amines is 1. The van der Waals surface area contributed by atoms with E-state index in [1.54, 1.807) is 0 Å². The summed E-state index contributed by atoms with van der Waals surface area (Å²) in [7, 11) is -9.91. The van der Waals surface area contributed by atoms with E-state index in [9.17, 15) is 29.2 Å². The normalized spacial score (nSPS) is 32.9. The van der Waals surface area contributed by atoms with Crippen LogP contribution in [0.4, 0.5) is 5.95 Å². The molecule has 0 radical (unpaired) electrons. The molecule has 22 heteroatoms. The monoisotopic (exact) mass is 575 g/mol. The van der Waals surface area contributed by atoms with Crippen molar-refractivity contribution in [3.8, 4) is 0 Å². The number of phosphoric ester groups is 2. The predicted octanol–water partition coefficient (Wildman–Crippen LogP) is -3.99. The highest BCUT2D eigenvalue weighted by Crippen LogP contribution is 2.41. The van der Waals surface area contributed by atoms with E-state index in [0.717, 1.165) is 10.9 Å². The molecule has 2 aromatic heterocycles. The third-order valence-corrected chi connectivity index (χ3v) is 6.43. The molecular formula is C15H23N5O15P2. The molecule has 2 aliphatic rings. The van der Waals surface area contributed by atoms with Crippen molar-refractivity contribution in [1.82, 2.24) is 19.5 Å². The number of H-pyrrole nitrogens is 1. The van der Waals surface area contributed by atoms with E-state index in [1.165, 1.54) is 0 Å². The van der Waals surface area contributed by atoms with Crippen LogP contribution < -0.4 is 11.3 Å². The van der Waals surface area contributed by atoms with Crippen LogP contribution in [0.15, 0.2) is 11.1 Å². The quantitative estimate of drug-likeness (QED) is 0.129. The number of phosphoric acid groups is 2. The first kappa shape index (κ1) is 28.1. The lowest BCUT2D eigenvalue weighted by molar-refractivity contribution is -0.219. The molecule has 0 spiro atoms. The Kier molecular flexibility index (Phi) is 7.88. The lowest BCUT2D eigenvalue weighted by Crippen LogP contribution is -2.42. The molecule has 37 heavy (non-hydrogen) atoms. The summed E-state index contributed by atoms with van der Waals surface area (Å²) in [5.41, 5.74) is 4.59. The number of nitrogen functional groups attached to an aromatic ring is 1. The Morgan fingerprint density at radius 2 is 1.59 bits per heavy atom. The number of hydrogen-bond donors (Lipinski definition) is 9. The van der Waals surface area contributed by atoms with E-state index in [4.69, 9.17) is 39.5 Å². The van der Waals surface area contributed by atoms with Crippen LogP contribution in [-0.4, -0.2) is 111 Å². The van der Waals surface area contributed by atoms with E-state index in [-0.39, 0.29) is 17.1 Å². The maximum Gasteiger partial charge on any atom is 0.469 e. The molecule has 2 fully saturated rings. The molecule has 0 bridgehead atoms. The molecule has 0 amide bonds. The topological polar surface area (TPSA) is 311 Å². The van der Waals surface area contributed by atoms with Gasteiger partial charge in [-0.05, 0) is 0 Å². The average Bonchev–Trinajstić information content (AvgIpc) is 3.41. The van der Waals surface area contributed by atoms with Gasteiger partial charge in [0.25, 0.3) is 5.56 Å². The predicted molar refractivity (Wildman–Crippen MR) is 114 cm³/mol. The Morgan fingerprint density at radius 3 is 2.19 bits per heavy atom. The molecule has 20 nitrogen and oxygen atoms in total. The van der Waals surface area contributed by atoms with E-state index in [1.807, 2.05) is 0 Å². The van der Waals surface area contributed by atoms with Crippen molar-refractivity contribution in [2.24, 2.45) is 0 Å². The van der Waals surface area contributed by atoms with Gasteiger partial charge < -0.3 is 54.8 Å². The molecule has 2 saturated heterocycles. The molecule has 4 rings (SSSR count). The Balaban J connectivity index is 1.61. The van der Waals surface area contributed by atoms with Crippen LogP contribution in [0, 0.1) is 0 Å². The summed E-state index contributed by atoms with van der Waals surface area (Å²) in [4.78, 5) is 58.0. The van der Waals surface area contributed by atoms with Gasteiger partial charge in [0.1, 0.15) is 36.6 Å². The van der Waals surface area contributed by atoms with Gasteiger partial charge in [-0.25, -0.2) is 14.1 Å².